The van der Waals surface area contributed by atoms with Crippen molar-refractivity contribution in [3.63, 3.8) is 0 Å². The van der Waals surface area contributed by atoms with E-state index in [2.05, 4.69) is 19.9 Å². The Morgan fingerprint density at radius 3 is 1.44 bits per heavy atom. The molecule has 1 aromatic rings. The van der Waals surface area contributed by atoms with E-state index < -0.39 is 0 Å². The lowest BCUT2D eigenvalue weighted by molar-refractivity contribution is 0.227. The van der Waals surface area contributed by atoms with Gasteiger partial charge in [-0.25, -0.2) is 0 Å². The fraction of sp³-hybridized carbons (Fsp3) is 0.571. The average molecular weight is 222 g/mol. The van der Waals surface area contributed by atoms with Crippen LogP contribution in [0.15, 0.2) is 12.1 Å². The van der Waals surface area contributed by atoms with Crippen molar-refractivity contribution >= 4 is 0 Å². The molecule has 0 aromatic heterocycles. The summed E-state index contributed by atoms with van der Waals surface area (Å²) >= 11 is 0. The normalized spacial score (nSPS) is 11.0. The number of ether oxygens (including phenoxy) is 2. The number of benzene rings is 1. The van der Waals surface area contributed by atoms with Crippen LogP contribution in [-0.4, -0.2) is 12.2 Å². The first-order valence-corrected chi connectivity index (χ1v) is 5.84. The predicted molar refractivity (Wildman–Crippen MR) is 67.4 cm³/mol. The van der Waals surface area contributed by atoms with Crippen molar-refractivity contribution in [3.05, 3.63) is 23.3 Å². The molecule has 0 heterocycles. The van der Waals surface area contributed by atoms with Gasteiger partial charge in [-0.2, -0.15) is 0 Å². The number of hydrogen-bond acceptors (Lipinski definition) is 2. The molecule has 0 N–H and O–H groups in total. The Kier molecular flexibility index (Phi) is 4.22. The molecule has 0 aliphatic heterocycles. The molecular formula is C14H22O2. The first-order chi connectivity index (χ1) is 7.40. The molecule has 1 rings (SSSR count). The van der Waals surface area contributed by atoms with Crippen LogP contribution in [0.3, 0.4) is 0 Å². The molecule has 0 saturated carbocycles. The maximum Gasteiger partial charge on any atom is 0.126 e. The highest BCUT2D eigenvalue weighted by Crippen LogP contribution is 2.29. The van der Waals surface area contributed by atoms with Crippen LogP contribution in [0.5, 0.6) is 11.5 Å². The van der Waals surface area contributed by atoms with Gasteiger partial charge in [-0.1, -0.05) is 0 Å². The first-order valence-electron chi connectivity index (χ1n) is 5.84. The summed E-state index contributed by atoms with van der Waals surface area (Å²) in [5.41, 5.74) is 2.31. The zero-order chi connectivity index (χ0) is 12.3. The summed E-state index contributed by atoms with van der Waals surface area (Å²) in [4.78, 5) is 0. The lowest BCUT2D eigenvalue weighted by Gasteiger charge is -2.17. The first kappa shape index (κ1) is 12.9. The van der Waals surface area contributed by atoms with Gasteiger partial charge >= 0.3 is 0 Å². The molecule has 0 aliphatic rings. The van der Waals surface area contributed by atoms with Crippen molar-refractivity contribution in [3.8, 4) is 11.5 Å². The van der Waals surface area contributed by atoms with E-state index >= 15 is 0 Å². The average Bonchev–Trinajstić information content (AvgIpc) is 2.11. The van der Waals surface area contributed by atoms with Gasteiger partial charge in [0.25, 0.3) is 0 Å². The summed E-state index contributed by atoms with van der Waals surface area (Å²) in [7, 11) is 0. The van der Waals surface area contributed by atoms with Crippen LogP contribution in [0.4, 0.5) is 0 Å². The van der Waals surface area contributed by atoms with E-state index in [1.807, 2.05) is 33.8 Å². The highest BCUT2D eigenvalue weighted by atomic mass is 16.5. The molecule has 90 valence electrons. The largest absolute Gasteiger partial charge is 0.491 e. The van der Waals surface area contributed by atoms with Crippen LogP contribution in [0, 0.1) is 13.8 Å². The van der Waals surface area contributed by atoms with Crippen LogP contribution in [0.2, 0.25) is 0 Å². The van der Waals surface area contributed by atoms with Crippen molar-refractivity contribution in [1.82, 2.24) is 0 Å². The minimum absolute atomic E-state index is 0.188. The van der Waals surface area contributed by atoms with E-state index in [1.165, 1.54) is 0 Å². The third-order valence-electron chi connectivity index (χ3n) is 2.20. The van der Waals surface area contributed by atoms with Crippen molar-refractivity contribution in [2.45, 2.75) is 53.8 Å². The van der Waals surface area contributed by atoms with Crippen LogP contribution in [0.1, 0.15) is 38.8 Å². The minimum Gasteiger partial charge on any atom is -0.491 e. The molecule has 0 spiro atoms. The van der Waals surface area contributed by atoms with Gasteiger partial charge in [-0.05, 0) is 58.7 Å². The minimum atomic E-state index is 0.188. The van der Waals surface area contributed by atoms with Gasteiger partial charge in [0.15, 0.2) is 0 Å². The smallest absolute Gasteiger partial charge is 0.126 e. The summed E-state index contributed by atoms with van der Waals surface area (Å²) in [6.07, 6.45) is 0.376. The zero-order valence-corrected chi connectivity index (χ0v) is 11.1. The standard InChI is InChI=1S/C14H22O2/c1-9(2)15-13-8-14(16-10(3)4)12(6)7-11(13)5/h7-10H,1-6H3. The van der Waals surface area contributed by atoms with Crippen LogP contribution < -0.4 is 9.47 Å². The maximum atomic E-state index is 5.74. The van der Waals surface area contributed by atoms with Gasteiger partial charge in [-0.3, -0.25) is 0 Å². The van der Waals surface area contributed by atoms with Crippen LogP contribution >= 0.6 is 0 Å². The van der Waals surface area contributed by atoms with Crippen molar-refractivity contribution in [2.24, 2.45) is 0 Å². The van der Waals surface area contributed by atoms with E-state index in [-0.39, 0.29) is 12.2 Å². The Labute approximate surface area is 98.6 Å². The van der Waals surface area contributed by atoms with E-state index in [1.54, 1.807) is 0 Å². The van der Waals surface area contributed by atoms with Crippen molar-refractivity contribution in [2.75, 3.05) is 0 Å². The second kappa shape index (κ2) is 5.24. The molecule has 0 aliphatic carbocycles. The number of rotatable bonds is 4. The summed E-state index contributed by atoms with van der Waals surface area (Å²) in [6.45, 7) is 12.2. The van der Waals surface area contributed by atoms with Gasteiger partial charge in [0.1, 0.15) is 11.5 Å². The third kappa shape index (κ3) is 3.44. The number of aryl methyl sites for hydroxylation is 2. The molecule has 0 saturated heterocycles. The third-order valence-corrected chi connectivity index (χ3v) is 2.20. The molecule has 0 bridgehead atoms. The van der Waals surface area contributed by atoms with Gasteiger partial charge in [0, 0.05) is 6.07 Å². The van der Waals surface area contributed by atoms with Crippen molar-refractivity contribution < 1.29 is 9.47 Å². The molecule has 0 fully saturated rings. The molecule has 2 nitrogen and oxygen atoms in total. The highest BCUT2D eigenvalue weighted by molar-refractivity contribution is 5.45. The summed E-state index contributed by atoms with van der Waals surface area (Å²) in [6, 6.07) is 4.10. The van der Waals surface area contributed by atoms with Gasteiger partial charge < -0.3 is 9.47 Å². The second-order valence-corrected chi connectivity index (χ2v) is 4.72. The van der Waals surface area contributed by atoms with Gasteiger partial charge in [0.05, 0.1) is 12.2 Å². The zero-order valence-electron chi connectivity index (χ0n) is 11.1. The van der Waals surface area contributed by atoms with E-state index in [4.69, 9.17) is 9.47 Å². The van der Waals surface area contributed by atoms with Gasteiger partial charge in [0.2, 0.25) is 0 Å². The van der Waals surface area contributed by atoms with Crippen LogP contribution in [0.25, 0.3) is 0 Å². The Morgan fingerprint density at radius 2 is 1.12 bits per heavy atom. The quantitative estimate of drug-likeness (QED) is 0.769. The van der Waals surface area contributed by atoms with Crippen molar-refractivity contribution in [1.29, 1.82) is 0 Å². The second-order valence-electron chi connectivity index (χ2n) is 4.72. The predicted octanol–water partition coefficient (Wildman–Crippen LogP) is 3.88. The molecule has 16 heavy (non-hydrogen) atoms. The van der Waals surface area contributed by atoms with E-state index in [0.717, 1.165) is 22.6 Å². The maximum absolute atomic E-state index is 5.74. The SMILES string of the molecule is Cc1cc(C)c(OC(C)C)cc1OC(C)C. The molecule has 0 atom stereocenters. The molecule has 0 amide bonds. The Bertz CT molecular complexity index is 323. The Morgan fingerprint density at radius 1 is 0.750 bits per heavy atom. The fourth-order valence-electron chi connectivity index (χ4n) is 1.58. The van der Waals surface area contributed by atoms with Gasteiger partial charge in [-0.15, -0.1) is 0 Å². The monoisotopic (exact) mass is 222 g/mol. The molecule has 0 unspecified atom stereocenters. The van der Waals surface area contributed by atoms with E-state index in [9.17, 15) is 0 Å². The Balaban J connectivity index is 3.01. The molecule has 1 aromatic carbocycles. The highest BCUT2D eigenvalue weighted by Gasteiger charge is 2.09. The summed E-state index contributed by atoms with van der Waals surface area (Å²) < 4.78 is 11.5. The van der Waals surface area contributed by atoms with Crippen LogP contribution in [-0.2, 0) is 0 Å². The lowest BCUT2D eigenvalue weighted by Crippen LogP contribution is -2.09. The topological polar surface area (TPSA) is 18.5 Å². The Hall–Kier alpha value is -1.18. The number of hydrogen-bond donors (Lipinski definition) is 0. The summed E-state index contributed by atoms with van der Waals surface area (Å²) in [5, 5.41) is 0. The van der Waals surface area contributed by atoms with E-state index in [0.29, 0.717) is 0 Å². The summed E-state index contributed by atoms with van der Waals surface area (Å²) in [5.74, 6) is 1.83. The fourth-order valence-corrected chi connectivity index (χ4v) is 1.58. The molecule has 2 heteroatoms. The lowest BCUT2D eigenvalue weighted by atomic mass is 10.1. The molecule has 0 radical (unpaired) electrons. The molecular weight excluding hydrogens is 200 g/mol.